The molecule has 21 heavy (non-hydrogen) atoms. The minimum absolute atomic E-state index is 0.191. The van der Waals surface area contributed by atoms with Gasteiger partial charge in [0.25, 0.3) is 0 Å². The van der Waals surface area contributed by atoms with Crippen LogP contribution < -0.4 is 9.47 Å². The van der Waals surface area contributed by atoms with Gasteiger partial charge in [0, 0.05) is 10.3 Å². The maximum atomic E-state index is 13.6. The van der Waals surface area contributed by atoms with Crippen molar-refractivity contribution in [2.75, 3.05) is 7.11 Å². The number of alkyl halides is 1. The van der Waals surface area contributed by atoms with E-state index < -0.39 is 23.4 Å². The van der Waals surface area contributed by atoms with E-state index in [1.165, 1.54) is 19.2 Å². The number of esters is 1. The number of hydrogen-bond acceptors (Lipinski definition) is 3. The average molecular weight is 412 g/mol. The summed E-state index contributed by atoms with van der Waals surface area (Å²) in [5.74, 6) is -3.55. The number of ether oxygens (including phenoxy) is 2. The number of rotatable bonds is 8. The maximum absolute atomic E-state index is 13.6. The second-order valence-electron chi connectivity index (χ2n) is 4.65. The van der Waals surface area contributed by atoms with Crippen LogP contribution in [0.3, 0.4) is 0 Å². The number of benzene rings is 1. The molecule has 0 heterocycles. The third-order valence-electron chi connectivity index (χ3n) is 2.96. The molecule has 0 bridgehead atoms. The molecule has 0 radical (unpaired) electrons. The summed E-state index contributed by atoms with van der Waals surface area (Å²) in [6.45, 7) is 2.11. The van der Waals surface area contributed by atoms with Gasteiger partial charge in [0.1, 0.15) is 0 Å². The smallest absolute Gasteiger partial charge is 0.311 e. The van der Waals surface area contributed by atoms with Crippen molar-refractivity contribution in [3.05, 3.63) is 23.8 Å². The lowest BCUT2D eigenvalue weighted by Gasteiger charge is -2.09. The lowest BCUT2D eigenvalue weighted by molar-refractivity contribution is -0.134. The van der Waals surface area contributed by atoms with Crippen LogP contribution in [0.25, 0.3) is 0 Å². The summed E-state index contributed by atoms with van der Waals surface area (Å²) in [4.78, 5) is 11.6. The molecule has 1 aromatic carbocycles. The number of hydrogen-bond donors (Lipinski definition) is 0. The van der Waals surface area contributed by atoms with Crippen LogP contribution in [0.15, 0.2) is 12.1 Å². The molecule has 3 nitrogen and oxygen atoms in total. The fraction of sp³-hybridized carbons (Fsp3) is 0.533. The predicted octanol–water partition coefficient (Wildman–Crippen LogP) is 4.65. The van der Waals surface area contributed by atoms with Gasteiger partial charge in [-0.1, -0.05) is 35.9 Å². The molecule has 0 aliphatic heterocycles. The molecule has 1 atom stereocenters. The van der Waals surface area contributed by atoms with E-state index in [1.807, 2.05) is 0 Å². The van der Waals surface area contributed by atoms with E-state index in [1.54, 1.807) is 0 Å². The van der Waals surface area contributed by atoms with Gasteiger partial charge in [-0.3, -0.25) is 4.79 Å². The van der Waals surface area contributed by atoms with E-state index in [9.17, 15) is 13.6 Å². The van der Waals surface area contributed by atoms with Gasteiger partial charge in [0.2, 0.25) is 11.6 Å². The van der Waals surface area contributed by atoms with Gasteiger partial charge in [-0.25, -0.2) is 0 Å². The fourth-order valence-electron chi connectivity index (χ4n) is 1.85. The summed E-state index contributed by atoms with van der Waals surface area (Å²) < 4.78 is 37.1. The Balaban J connectivity index is 2.50. The first-order valence-corrected chi connectivity index (χ1v) is 8.10. The molecule has 0 N–H and O–H groups in total. The highest BCUT2D eigenvalue weighted by Crippen LogP contribution is 2.27. The summed E-state index contributed by atoms with van der Waals surface area (Å²) in [5, 5.41) is 0. The molecule has 0 spiro atoms. The van der Waals surface area contributed by atoms with Crippen LogP contribution in [-0.4, -0.2) is 17.0 Å². The first-order valence-electron chi connectivity index (χ1n) is 6.86. The van der Waals surface area contributed by atoms with E-state index in [2.05, 4.69) is 34.3 Å². The Morgan fingerprint density at radius 2 is 1.86 bits per heavy atom. The highest BCUT2D eigenvalue weighted by Gasteiger charge is 2.17. The van der Waals surface area contributed by atoms with Crippen molar-refractivity contribution in [2.24, 2.45) is 0 Å². The molecule has 0 saturated heterocycles. The summed E-state index contributed by atoms with van der Waals surface area (Å²) in [6, 6.07) is 2.41. The molecule has 0 aliphatic rings. The third-order valence-corrected chi connectivity index (χ3v) is 4.20. The Kier molecular flexibility index (Phi) is 7.92. The normalized spacial score (nSPS) is 12.0. The summed E-state index contributed by atoms with van der Waals surface area (Å²) in [7, 11) is 1.24. The lowest BCUT2D eigenvalue weighted by Crippen LogP contribution is -2.10. The Morgan fingerprint density at radius 1 is 1.24 bits per heavy atom. The lowest BCUT2D eigenvalue weighted by atomic mass is 10.1. The van der Waals surface area contributed by atoms with Crippen molar-refractivity contribution in [2.45, 2.75) is 43.0 Å². The molecule has 1 unspecified atom stereocenters. The van der Waals surface area contributed by atoms with Crippen molar-refractivity contribution < 1.29 is 23.0 Å². The van der Waals surface area contributed by atoms with E-state index >= 15 is 0 Å². The number of carbonyl (C=O) groups excluding carboxylic acids is 1. The van der Waals surface area contributed by atoms with Gasteiger partial charge < -0.3 is 9.47 Å². The standard InChI is InChI=1S/C15H19F2IO3/c1-3-5-10(18)6-4-7-13(19)21-12-9-8-11(20-2)14(16)15(12)17/h8-10H,3-7H2,1-2H3. The van der Waals surface area contributed by atoms with E-state index in [0.29, 0.717) is 10.3 Å². The Labute approximate surface area is 137 Å². The van der Waals surface area contributed by atoms with Crippen molar-refractivity contribution in [3.8, 4) is 11.5 Å². The minimum Gasteiger partial charge on any atom is -0.494 e. The van der Waals surface area contributed by atoms with Gasteiger partial charge in [-0.05, 0) is 31.4 Å². The van der Waals surface area contributed by atoms with Crippen LogP contribution in [0.5, 0.6) is 11.5 Å². The van der Waals surface area contributed by atoms with Crippen LogP contribution >= 0.6 is 22.6 Å². The molecule has 1 aromatic rings. The number of carbonyl (C=O) groups is 1. The molecule has 0 amide bonds. The van der Waals surface area contributed by atoms with Crippen LogP contribution in [-0.2, 0) is 4.79 Å². The van der Waals surface area contributed by atoms with Crippen LogP contribution in [0.1, 0.15) is 39.0 Å². The van der Waals surface area contributed by atoms with E-state index in [0.717, 1.165) is 19.3 Å². The fourth-order valence-corrected chi connectivity index (χ4v) is 2.91. The Morgan fingerprint density at radius 3 is 2.48 bits per heavy atom. The first-order chi connectivity index (χ1) is 9.99. The molecular formula is C15H19F2IO3. The molecular weight excluding hydrogens is 393 g/mol. The molecule has 0 saturated carbocycles. The molecule has 0 fully saturated rings. The molecule has 118 valence electrons. The molecule has 0 aromatic heterocycles. The van der Waals surface area contributed by atoms with Gasteiger partial charge in [0.15, 0.2) is 11.5 Å². The summed E-state index contributed by atoms with van der Waals surface area (Å²) >= 11 is 2.35. The summed E-state index contributed by atoms with van der Waals surface area (Å²) in [6.07, 6.45) is 3.98. The SMILES string of the molecule is CCCC(I)CCCC(=O)Oc1ccc(OC)c(F)c1F. The predicted molar refractivity (Wildman–Crippen MR) is 85.1 cm³/mol. The van der Waals surface area contributed by atoms with Crippen molar-refractivity contribution in [3.63, 3.8) is 0 Å². The maximum Gasteiger partial charge on any atom is 0.311 e. The van der Waals surface area contributed by atoms with Crippen molar-refractivity contribution >= 4 is 28.6 Å². The van der Waals surface area contributed by atoms with Crippen molar-refractivity contribution in [1.29, 1.82) is 0 Å². The molecule has 1 rings (SSSR count). The minimum atomic E-state index is -1.21. The zero-order valence-electron chi connectivity index (χ0n) is 12.1. The van der Waals surface area contributed by atoms with E-state index in [4.69, 9.17) is 4.74 Å². The second kappa shape index (κ2) is 9.17. The van der Waals surface area contributed by atoms with Crippen LogP contribution in [0.2, 0.25) is 0 Å². The second-order valence-corrected chi connectivity index (χ2v) is 6.41. The van der Waals surface area contributed by atoms with Gasteiger partial charge in [0.05, 0.1) is 7.11 Å². The average Bonchev–Trinajstić information content (AvgIpc) is 2.44. The van der Waals surface area contributed by atoms with Gasteiger partial charge in [-0.15, -0.1) is 0 Å². The van der Waals surface area contributed by atoms with Crippen LogP contribution in [0.4, 0.5) is 8.78 Å². The topological polar surface area (TPSA) is 35.5 Å². The Hall–Kier alpha value is -0.920. The van der Waals surface area contributed by atoms with Gasteiger partial charge >= 0.3 is 5.97 Å². The third kappa shape index (κ3) is 5.76. The first kappa shape index (κ1) is 18.1. The highest BCUT2D eigenvalue weighted by atomic mass is 127. The van der Waals surface area contributed by atoms with Gasteiger partial charge in [-0.2, -0.15) is 8.78 Å². The highest BCUT2D eigenvalue weighted by molar-refractivity contribution is 14.1. The zero-order chi connectivity index (χ0) is 15.8. The molecule has 6 heteroatoms. The van der Waals surface area contributed by atoms with E-state index in [-0.39, 0.29) is 12.2 Å². The summed E-state index contributed by atoms with van der Waals surface area (Å²) in [5.41, 5.74) is 0. The van der Waals surface area contributed by atoms with Crippen LogP contribution in [0, 0.1) is 11.6 Å². The monoisotopic (exact) mass is 412 g/mol. The zero-order valence-corrected chi connectivity index (χ0v) is 14.3. The largest absolute Gasteiger partial charge is 0.494 e. The Bertz CT molecular complexity index is 480. The molecule has 0 aliphatic carbocycles. The number of methoxy groups -OCH3 is 1. The van der Waals surface area contributed by atoms with Crippen molar-refractivity contribution in [1.82, 2.24) is 0 Å². The number of halogens is 3. The quantitative estimate of drug-likeness (QED) is 0.270.